The molecule has 0 spiro atoms. The first kappa shape index (κ1) is 41.7. The van der Waals surface area contributed by atoms with E-state index in [0.717, 1.165) is 24.5 Å². The molecular weight excluding hydrogens is 679 g/mol. The molecule has 0 saturated carbocycles. The quantitative estimate of drug-likeness (QED) is 0.107. The Balaban J connectivity index is 0.000000219. The van der Waals surface area contributed by atoms with Crippen LogP contribution in [0.4, 0.5) is 11.4 Å². The van der Waals surface area contributed by atoms with Crippen LogP contribution in [0.25, 0.3) is 0 Å². The van der Waals surface area contributed by atoms with Gasteiger partial charge in [0.25, 0.3) is 0 Å². The molecule has 2 unspecified atom stereocenters. The van der Waals surface area contributed by atoms with Gasteiger partial charge >= 0.3 is 0 Å². The van der Waals surface area contributed by atoms with Gasteiger partial charge in [-0.15, -0.1) is 36.4 Å². The Kier molecular flexibility index (Phi) is 17.0. The number of anilines is 2. The lowest BCUT2D eigenvalue weighted by molar-refractivity contribution is 0.185. The Labute approximate surface area is 320 Å². The molecule has 2 atom stereocenters. The second-order valence-corrected chi connectivity index (χ2v) is 14.1. The maximum Gasteiger partial charge on any atom is 0.0356 e. The van der Waals surface area contributed by atoms with Crippen LogP contribution in [0, 0.1) is 13.8 Å². The number of hydrogen-bond acceptors (Lipinski definition) is 4. The number of nitrogens with two attached hydrogens (primary N) is 1. The first-order chi connectivity index (χ1) is 23.0. The van der Waals surface area contributed by atoms with Crippen molar-refractivity contribution < 1.29 is 0 Å². The van der Waals surface area contributed by atoms with E-state index >= 15 is 0 Å². The topological polar surface area (TPSA) is 44.5 Å². The third-order valence-corrected chi connectivity index (χ3v) is 10.7. The molecule has 0 amide bonds. The van der Waals surface area contributed by atoms with Crippen LogP contribution in [0.2, 0.25) is 0 Å². The van der Waals surface area contributed by atoms with Crippen molar-refractivity contribution in [2.75, 3.05) is 49.7 Å². The van der Waals surface area contributed by atoms with Gasteiger partial charge in [0, 0.05) is 55.5 Å². The monoisotopic (exact) mass is 736 g/mol. The summed E-state index contributed by atoms with van der Waals surface area (Å²) in [5.41, 5.74) is 19.8. The number of rotatable bonds is 8. The van der Waals surface area contributed by atoms with Crippen molar-refractivity contribution in [3.8, 4) is 0 Å². The highest BCUT2D eigenvalue weighted by molar-refractivity contribution is 6.17. The summed E-state index contributed by atoms with van der Waals surface area (Å²) < 4.78 is 0. The SMILES string of the molecule is C.Cc1cccc(N)c1.Cc1cccc(NCCCN2CCc3cccc4c3C2CC4)c1.Cl.Cl.ClCCCN1CCc2cccc3c2C1CC3. The number of hydrogen-bond donors (Lipinski definition) is 2. The van der Waals surface area contributed by atoms with E-state index < -0.39 is 0 Å². The molecule has 3 N–H and O–H groups in total. The fraction of sp³-hybridized carbons (Fsp3) is 0.442. The Morgan fingerprint density at radius 2 is 1.14 bits per heavy atom. The molecule has 50 heavy (non-hydrogen) atoms. The van der Waals surface area contributed by atoms with Gasteiger partial charge < -0.3 is 11.1 Å². The fourth-order valence-corrected chi connectivity index (χ4v) is 8.36. The molecule has 2 aliphatic carbocycles. The lowest BCUT2D eigenvalue weighted by atomic mass is 9.93. The molecule has 2 heterocycles. The Morgan fingerprint density at radius 1 is 0.660 bits per heavy atom. The molecule has 0 fully saturated rings. The predicted molar refractivity (Wildman–Crippen MR) is 222 cm³/mol. The van der Waals surface area contributed by atoms with E-state index in [9.17, 15) is 0 Å². The average molecular weight is 738 g/mol. The first-order valence-corrected chi connectivity index (χ1v) is 18.4. The second-order valence-electron chi connectivity index (χ2n) is 13.8. The van der Waals surface area contributed by atoms with Gasteiger partial charge in [0.15, 0.2) is 0 Å². The van der Waals surface area contributed by atoms with E-state index in [2.05, 4.69) is 82.7 Å². The number of benzene rings is 4. The van der Waals surface area contributed by atoms with Gasteiger partial charge in [-0.3, -0.25) is 9.80 Å². The van der Waals surface area contributed by atoms with Gasteiger partial charge in [-0.05, 0) is 141 Å². The minimum Gasteiger partial charge on any atom is -0.399 e. The Morgan fingerprint density at radius 3 is 1.62 bits per heavy atom. The van der Waals surface area contributed by atoms with Crippen LogP contribution in [-0.2, 0) is 25.7 Å². The highest BCUT2D eigenvalue weighted by atomic mass is 35.5. The van der Waals surface area contributed by atoms with Crippen molar-refractivity contribution >= 4 is 47.8 Å². The highest BCUT2D eigenvalue weighted by Gasteiger charge is 2.33. The van der Waals surface area contributed by atoms with Crippen molar-refractivity contribution in [1.82, 2.24) is 9.80 Å². The van der Waals surface area contributed by atoms with Crippen LogP contribution in [0.5, 0.6) is 0 Å². The zero-order chi connectivity index (χ0) is 32.6. The van der Waals surface area contributed by atoms with Gasteiger partial charge in [-0.2, -0.15) is 0 Å². The number of aryl methyl sites for hydroxylation is 4. The van der Waals surface area contributed by atoms with Crippen LogP contribution in [0.3, 0.4) is 0 Å². The van der Waals surface area contributed by atoms with Crippen molar-refractivity contribution in [2.24, 2.45) is 0 Å². The van der Waals surface area contributed by atoms with E-state index in [-0.39, 0.29) is 32.2 Å². The molecule has 7 heteroatoms. The Bertz CT molecular complexity index is 1610. The summed E-state index contributed by atoms with van der Waals surface area (Å²) in [6, 6.07) is 31.6. The lowest BCUT2D eigenvalue weighted by Gasteiger charge is -2.35. The van der Waals surface area contributed by atoms with Crippen molar-refractivity contribution in [1.29, 1.82) is 0 Å². The molecule has 4 aliphatic rings. The zero-order valence-electron chi connectivity index (χ0n) is 29.3. The Hall–Kier alpha value is -2.73. The van der Waals surface area contributed by atoms with Crippen LogP contribution in [0.1, 0.15) is 89.7 Å². The molecule has 8 rings (SSSR count). The summed E-state index contributed by atoms with van der Waals surface area (Å²) in [6.07, 6.45) is 9.95. The lowest BCUT2D eigenvalue weighted by Crippen LogP contribution is -2.35. The summed E-state index contributed by atoms with van der Waals surface area (Å²) in [6.45, 7) is 10.0. The van der Waals surface area contributed by atoms with Crippen molar-refractivity contribution in [3.63, 3.8) is 0 Å². The molecule has 4 aromatic carbocycles. The summed E-state index contributed by atoms with van der Waals surface area (Å²) >= 11 is 5.80. The number of halogens is 3. The second kappa shape index (κ2) is 20.3. The molecule has 4 nitrogen and oxygen atoms in total. The molecule has 2 aliphatic heterocycles. The number of nitrogen functional groups attached to an aromatic ring is 1. The minimum atomic E-state index is 0. The number of nitrogens with one attached hydrogen (secondary N) is 1. The smallest absolute Gasteiger partial charge is 0.0356 e. The summed E-state index contributed by atoms with van der Waals surface area (Å²) in [7, 11) is 0. The van der Waals surface area contributed by atoms with Gasteiger partial charge in [0.2, 0.25) is 0 Å². The maximum absolute atomic E-state index is 5.80. The summed E-state index contributed by atoms with van der Waals surface area (Å²) in [5, 5.41) is 3.56. The summed E-state index contributed by atoms with van der Waals surface area (Å²) in [5.74, 6) is 0.789. The fourth-order valence-electron chi connectivity index (χ4n) is 8.24. The van der Waals surface area contributed by atoms with Crippen molar-refractivity contribution in [2.45, 2.75) is 84.7 Å². The zero-order valence-corrected chi connectivity index (χ0v) is 31.7. The van der Waals surface area contributed by atoms with Gasteiger partial charge in [0.05, 0.1) is 0 Å². The van der Waals surface area contributed by atoms with Crippen LogP contribution < -0.4 is 11.1 Å². The van der Waals surface area contributed by atoms with Crippen LogP contribution in [-0.4, -0.2) is 48.4 Å². The molecular formula is C43H59Cl3N4. The molecule has 0 aromatic heterocycles. The third-order valence-electron chi connectivity index (χ3n) is 10.4. The van der Waals surface area contributed by atoms with E-state index in [1.54, 1.807) is 33.4 Å². The number of nitrogens with zero attached hydrogens (tertiary/aromatic N) is 2. The van der Waals surface area contributed by atoms with E-state index in [1.165, 1.54) is 87.9 Å². The molecule has 0 bridgehead atoms. The predicted octanol–water partition coefficient (Wildman–Crippen LogP) is 10.6. The van der Waals surface area contributed by atoms with Crippen LogP contribution >= 0.6 is 36.4 Å². The maximum atomic E-state index is 5.80. The normalized spacial score (nSPS) is 18.0. The molecule has 4 aromatic rings. The van der Waals surface area contributed by atoms with Gasteiger partial charge in [-0.1, -0.05) is 68.1 Å². The average Bonchev–Trinajstić information content (AvgIpc) is 3.72. The van der Waals surface area contributed by atoms with E-state index in [4.69, 9.17) is 17.3 Å². The van der Waals surface area contributed by atoms with Crippen LogP contribution in [0.15, 0.2) is 84.9 Å². The molecule has 0 saturated heterocycles. The summed E-state index contributed by atoms with van der Waals surface area (Å²) in [4.78, 5) is 5.36. The number of alkyl halides is 1. The van der Waals surface area contributed by atoms with E-state index in [1.807, 2.05) is 31.2 Å². The molecule has 272 valence electrons. The highest BCUT2D eigenvalue weighted by Crippen LogP contribution is 2.42. The first-order valence-electron chi connectivity index (χ1n) is 17.9. The van der Waals surface area contributed by atoms with E-state index in [0.29, 0.717) is 12.1 Å². The van der Waals surface area contributed by atoms with Gasteiger partial charge in [0.1, 0.15) is 0 Å². The minimum absolute atomic E-state index is 0. The van der Waals surface area contributed by atoms with Gasteiger partial charge in [-0.25, -0.2) is 0 Å². The van der Waals surface area contributed by atoms with Crippen molar-refractivity contribution in [3.05, 3.63) is 129 Å². The largest absolute Gasteiger partial charge is 0.399 e. The molecule has 0 radical (unpaired) electrons. The third kappa shape index (κ3) is 10.4. The standard InChI is InChI=1S/C21H26N2.C14H18ClN.C7H9N.CH4.2ClH/c1-16-5-2-8-19(15-16)22-12-4-13-23-14-11-18-7-3-6-17-9-10-20(23)21(17)18;15-8-2-9-16-10-7-12-4-1-3-11-5-6-13(16)14(11)12;1-6-3-2-4-7(8)5-6;;;/h2-3,5-8,15,20,22H,4,9-14H2,1H3;1,3-4,13H,2,5-10H2;2-5H,8H2,1H3;1H4;2*1H.